The average Bonchev–Trinajstić information content (AvgIpc) is 3.01. The number of methoxy groups -OCH3 is 1. The maximum Gasteiger partial charge on any atom is 0.344 e. The van der Waals surface area contributed by atoms with Crippen molar-refractivity contribution >= 4 is 45.6 Å². The average molecular weight is 409 g/mol. The molecule has 4 aromatic rings. The van der Waals surface area contributed by atoms with Crippen LogP contribution in [-0.4, -0.2) is 34.2 Å². The number of hydrogen-bond donors (Lipinski definition) is 1. The van der Waals surface area contributed by atoms with Crippen LogP contribution in [0.4, 0.5) is 5.82 Å². The SMILES string of the molecule is C=CCOC(=O)c1c(N)n(-c2ccc(OC)c(Cl)c2)c2nc3ccccc3nc12. The molecule has 2 heterocycles. The molecule has 0 aliphatic carbocycles. The number of anilines is 1. The Labute approximate surface area is 171 Å². The zero-order chi connectivity index (χ0) is 20.5. The highest BCUT2D eigenvalue weighted by molar-refractivity contribution is 6.32. The van der Waals surface area contributed by atoms with Gasteiger partial charge in [0.25, 0.3) is 0 Å². The van der Waals surface area contributed by atoms with Gasteiger partial charge in [-0.25, -0.2) is 14.8 Å². The molecule has 7 nitrogen and oxygen atoms in total. The second-order valence-electron chi connectivity index (χ2n) is 6.19. The summed E-state index contributed by atoms with van der Waals surface area (Å²) in [4.78, 5) is 22.0. The van der Waals surface area contributed by atoms with E-state index in [0.717, 1.165) is 0 Å². The summed E-state index contributed by atoms with van der Waals surface area (Å²) >= 11 is 6.30. The van der Waals surface area contributed by atoms with Crippen LogP contribution in [-0.2, 0) is 4.74 Å². The van der Waals surface area contributed by atoms with Crippen molar-refractivity contribution in [2.45, 2.75) is 0 Å². The molecular weight excluding hydrogens is 392 g/mol. The molecule has 0 bridgehead atoms. The van der Waals surface area contributed by atoms with Gasteiger partial charge < -0.3 is 15.2 Å². The van der Waals surface area contributed by atoms with Crippen molar-refractivity contribution in [3.05, 3.63) is 65.7 Å². The van der Waals surface area contributed by atoms with Gasteiger partial charge in [0.05, 0.1) is 28.9 Å². The molecule has 2 aromatic carbocycles. The molecule has 0 atom stereocenters. The number of benzene rings is 2. The van der Waals surface area contributed by atoms with Crippen LogP contribution in [0, 0.1) is 0 Å². The van der Waals surface area contributed by atoms with E-state index in [1.54, 1.807) is 22.8 Å². The van der Waals surface area contributed by atoms with Crippen molar-refractivity contribution in [3.63, 3.8) is 0 Å². The molecule has 0 aliphatic heterocycles. The number of para-hydroxylation sites is 2. The van der Waals surface area contributed by atoms with Gasteiger partial charge in [0, 0.05) is 0 Å². The van der Waals surface area contributed by atoms with Crippen LogP contribution in [0.15, 0.2) is 55.1 Å². The minimum absolute atomic E-state index is 0.0559. The van der Waals surface area contributed by atoms with Crippen molar-refractivity contribution in [2.75, 3.05) is 19.5 Å². The summed E-state index contributed by atoms with van der Waals surface area (Å²) in [6.45, 7) is 3.62. The molecule has 0 amide bonds. The third-order valence-corrected chi connectivity index (χ3v) is 4.72. The third kappa shape index (κ3) is 3.15. The van der Waals surface area contributed by atoms with Crippen molar-refractivity contribution in [1.82, 2.24) is 14.5 Å². The minimum atomic E-state index is -0.602. The minimum Gasteiger partial charge on any atom is -0.495 e. The second-order valence-corrected chi connectivity index (χ2v) is 6.59. The van der Waals surface area contributed by atoms with Crippen LogP contribution < -0.4 is 10.5 Å². The third-order valence-electron chi connectivity index (χ3n) is 4.43. The van der Waals surface area contributed by atoms with Gasteiger partial charge in [-0.05, 0) is 30.3 Å². The van der Waals surface area contributed by atoms with Gasteiger partial charge in [0.2, 0.25) is 0 Å². The number of nitrogen functional groups attached to an aromatic ring is 1. The van der Waals surface area contributed by atoms with Crippen molar-refractivity contribution in [1.29, 1.82) is 0 Å². The number of carbonyl (C=O) groups excluding carboxylic acids is 1. The number of ether oxygens (including phenoxy) is 2. The van der Waals surface area contributed by atoms with Gasteiger partial charge in [-0.1, -0.05) is 36.4 Å². The van der Waals surface area contributed by atoms with E-state index in [1.165, 1.54) is 13.2 Å². The standard InChI is InChI=1S/C21H17ClN4O3/c1-3-10-29-21(27)17-18-20(25-15-7-5-4-6-14(15)24-18)26(19(17)23)12-8-9-16(28-2)13(22)11-12/h3-9,11H,1,10,23H2,2H3. The number of rotatable bonds is 5. The van der Waals surface area contributed by atoms with Gasteiger partial charge in [-0.2, -0.15) is 0 Å². The predicted molar refractivity (Wildman–Crippen MR) is 113 cm³/mol. The summed E-state index contributed by atoms with van der Waals surface area (Å²) in [7, 11) is 1.53. The highest BCUT2D eigenvalue weighted by atomic mass is 35.5. The Kier molecular flexibility index (Phi) is 4.82. The molecule has 0 radical (unpaired) electrons. The lowest BCUT2D eigenvalue weighted by atomic mass is 10.2. The first-order valence-corrected chi connectivity index (χ1v) is 9.11. The van der Waals surface area contributed by atoms with E-state index in [-0.39, 0.29) is 18.0 Å². The number of nitrogens with zero attached hydrogens (tertiary/aromatic N) is 3. The van der Waals surface area contributed by atoms with E-state index in [9.17, 15) is 4.79 Å². The number of aromatic nitrogens is 3. The van der Waals surface area contributed by atoms with E-state index in [2.05, 4.69) is 16.5 Å². The number of fused-ring (bicyclic) bond motifs is 2. The molecule has 0 unspecified atom stereocenters. The van der Waals surface area contributed by atoms with E-state index in [4.69, 9.17) is 26.8 Å². The Hall–Kier alpha value is -3.58. The quantitative estimate of drug-likeness (QED) is 0.393. The van der Waals surface area contributed by atoms with E-state index in [0.29, 0.717) is 38.7 Å². The first-order valence-electron chi connectivity index (χ1n) is 8.73. The Morgan fingerprint density at radius 3 is 2.62 bits per heavy atom. The van der Waals surface area contributed by atoms with Crippen LogP contribution in [0.2, 0.25) is 5.02 Å². The Morgan fingerprint density at radius 2 is 1.97 bits per heavy atom. The highest BCUT2D eigenvalue weighted by Gasteiger charge is 2.26. The predicted octanol–water partition coefficient (Wildman–Crippen LogP) is 4.16. The summed E-state index contributed by atoms with van der Waals surface area (Å²) in [5.41, 5.74) is 9.23. The summed E-state index contributed by atoms with van der Waals surface area (Å²) < 4.78 is 12.1. The van der Waals surface area contributed by atoms with Gasteiger partial charge in [-0.15, -0.1) is 0 Å². The van der Waals surface area contributed by atoms with Crippen molar-refractivity contribution in [3.8, 4) is 11.4 Å². The molecule has 4 rings (SSSR count). The smallest absolute Gasteiger partial charge is 0.344 e. The Balaban J connectivity index is 2.04. The molecule has 29 heavy (non-hydrogen) atoms. The molecule has 146 valence electrons. The Morgan fingerprint density at radius 1 is 1.24 bits per heavy atom. The molecule has 0 aliphatic rings. The number of nitrogens with two attached hydrogens (primary N) is 1. The number of hydrogen-bond acceptors (Lipinski definition) is 6. The fourth-order valence-corrected chi connectivity index (χ4v) is 3.38. The van der Waals surface area contributed by atoms with E-state index in [1.807, 2.05) is 24.3 Å². The molecule has 8 heteroatoms. The first kappa shape index (κ1) is 18.8. The van der Waals surface area contributed by atoms with E-state index >= 15 is 0 Å². The summed E-state index contributed by atoms with van der Waals surface area (Å²) in [6, 6.07) is 12.5. The lowest BCUT2D eigenvalue weighted by molar-refractivity contribution is 0.0553. The summed E-state index contributed by atoms with van der Waals surface area (Å²) in [5, 5.41) is 0.399. The van der Waals surface area contributed by atoms with Gasteiger partial charge in [0.1, 0.15) is 29.3 Å². The van der Waals surface area contributed by atoms with Crippen molar-refractivity contribution < 1.29 is 14.3 Å². The summed E-state index contributed by atoms with van der Waals surface area (Å²) in [6.07, 6.45) is 1.48. The monoisotopic (exact) mass is 408 g/mol. The maximum absolute atomic E-state index is 12.7. The lowest BCUT2D eigenvalue weighted by Gasteiger charge is -2.10. The van der Waals surface area contributed by atoms with Crippen LogP contribution in [0.3, 0.4) is 0 Å². The van der Waals surface area contributed by atoms with Crippen LogP contribution in [0.1, 0.15) is 10.4 Å². The van der Waals surface area contributed by atoms with Gasteiger partial charge >= 0.3 is 5.97 Å². The fourth-order valence-electron chi connectivity index (χ4n) is 3.13. The molecule has 0 saturated heterocycles. The zero-order valence-corrected chi connectivity index (χ0v) is 16.3. The highest BCUT2D eigenvalue weighted by Crippen LogP contribution is 2.34. The maximum atomic E-state index is 12.7. The summed E-state index contributed by atoms with van der Waals surface area (Å²) in [5.74, 6) is 0.0774. The zero-order valence-electron chi connectivity index (χ0n) is 15.6. The largest absolute Gasteiger partial charge is 0.495 e. The van der Waals surface area contributed by atoms with Crippen LogP contribution >= 0.6 is 11.6 Å². The molecule has 2 aromatic heterocycles. The van der Waals surface area contributed by atoms with E-state index < -0.39 is 5.97 Å². The molecule has 2 N–H and O–H groups in total. The second kappa shape index (κ2) is 7.44. The van der Waals surface area contributed by atoms with Gasteiger partial charge in [-0.3, -0.25) is 4.57 Å². The van der Waals surface area contributed by atoms with Gasteiger partial charge in [0.15, 0.2) is 5.65 Å². The number of esters is 1. The molecule has 0 spiro atoms. The molecule has 0 saturated carbocycles. The first-order chi connectivity index (χ1) is 14.0. The normalized spacial score (nSPS) is 11.0. The molecule has 0 fully saturated rings. The number of carbonyl (C=O) groups is 1. The number of halogens is 1. The fraction of sp³-hybridized carbons (Fsp3) is 0.0952. The van der Waals surface area contributed by atoms with Crippen LogP contribution in [0.25, 0.3) is 27.9 Å². The topological polar surface area (TPSA) is 92.3 Å². The Bertz CT molecular complexity index is 1270. The van der Waals surface area contributed by atoms with Crippen molar-refractivity contribution in [2.24, 2.45) is 0 Å². The lowest BCUT2D eigenvalue weighted by Crippen LogP contribution is -2.09. The van der Waals surface area contributed by atoms with Crippen LogP contribution in [0.5, 0.6) is 5.75 Å². The molecular formula is C21H17ClN4O3.